The molecule has 1 fully saturated rings. The third kappa shape index (κ3) is 4.46. The molecule has 5 nitrogen and oxygen atoms in total. The van der Waals surface area contributed by atoms with Gasteiger partial charge in [-0.2, -0.15) is 0 Å². The fourth-order valence-electron chi connectivity index (χ4n) is 2.71. The Morgan fingerprint density at radius 2 is 1.77 bits per heavy atom. The van der Waals surface area contributed by atoms with Crippen LogP contribution in [0.15, 0.2) is 0 Å². The van der Waals surface area contributed by atoms with Crippen molar-refractivity contribution in [2.24, 2.45) is 0 Å². The SMILES string of the molecule is CC(C)(C)N(C(=O)O)[C@@H]1CCNC[C@H]1O[Si](C)(C)C(C)(C)C. The van der Waals surface area contributed by atoms with E-state index in [0.29, 0.717) is 0 Å². The number of hydrogen-bond donors (Lipinski definition) is 2. The zero-order chi connectivity index (χ0) is 17.3. The van der Waals surface area contributed by atoms with Gasteiger partial charge in [-0.1, -0.05) is 20.8 Å². The lowest BCUT2D eigenvalue weighted by Crippen LogP contribution is -2.63. The van der Waals surface area contributed by atoms with Gasteiger partial charge in [-0.25, -0.2) is 4.79 Å². The van der Waals surface area contributed by atoms with E-state index >= 15 is 0 Å². The van der Waals surface area contributed by atoms with Gasteiger partial charge < -0.3 is 14.8 Å². The highest BCUT2D eigenvalue weighted by Crippen LogP contribution is 2.38. The molecule has 0 saturated carbocycles. The van der Waals surface area contributed by atoms with Crippen molar-refractivity contribution in [3.63, 3.8) is 0 Å². The Balaban J connectivity index is 3.03. The molecule has 0 radical (unpaired) electrons. The van der Waals surface area contributed by atoms with Gasteiger partial charge in [0.15, 0.2) is 8.32 Å². The molecule has 1 heterocycles. The summed E-state index contributed by atoms with van der Waals surface area (Å²) in [5.74, 6) is 0. The number of amides is 1. The van der Waals surface area contributed by atoms with Crippen LogP contribution in [0, 0.1) is 0 Å². The standard InChI is InChI=1S/C16H34N2O3Si/c1-15(2,3)18(14(19)20)12-9-10-17-11-13(12)21-22(7,8)16(4,5)6/h12-13,17H,9-11H2,1-8H3,(H,19,20)/t12-,13-/m1/s1. The third-order valence-corrected chi connectivity index (χ3v) is 9.41. The fraction of sp³-hybridized carbons (Fsp3) is 0.938. The predicted molar refractivity (Wildman–Crippen MR) is 93.0 cm³/mol. The largest absolute Gasteiger partial charge is 0.465 e. The Morgan fingerprint density at radius 3 is 2.18 bits per heavy atom. The Morgan fingerprint density at radius 1 is 1.23 bits per heavy atom. The Labute approximate surface area is 136 Å². The minimum atomic E-state index is -1.93. The van der Waals surface area contributed by atoms with Gasteiger partial charge in [-0.3, -0.25) is 4.90 Å². The van der Waals surface area contributed by atoms with Gasteiger partial charge >= 0.3 is 6.09 Å². The first-order valence-electron chi connectivity index (χ1n) is 8.18. The second-order valence-corrected chi connectivity index (χ2v) is 13.6. The molecular formula is C16H34N2O3Si. The van der Waals surface area contributed by atoms with E-state index in [2.05, 4.69) is 39.2 Å². The Bertz CT molecular complexity index is 399. The summed E-state index contributed by atoms with van der Waals surface area (Å²) < 4.78 is 6.55. The zero-order valence-electron chi connectivity index (χ0n) is 15.5. The molecular weight excluding hydrogens is 296 g/mol. The summed E-state index contributed by atoms with van der Waals surface area (Å²) in [7, 11) is -1.93. The summed E-state index contributed by atoms with van der Waals surface area (Å²) in [6.45, 7) is 18.5. The van der Waals surface area contributed by atoms with Crippen LogP contribution < -0.4 is 5.32 Å². The van der Waals surface area contributed by atoms with Crippen molar-refractivity contribution in [1.82, 2.24) is 10.2 Å². The molecule has 2 N–H and O–H groups in total. The van der Waals surface area contributed by atoms with Gasteiger partial charge in [-0.15, -0.1) is 0 Å². The molecule has 1 aliphatic rings. The first kappa shape index (κ1) is 19.5. The lowest BCUT2D eigenvalue weighted by atomic mass is 9.96. The predicted octanol–water partition coefficient (Wildman–Crippen LogP) is 3.52. The molecule has 1 rings (SSSR count). The molecule has 0 aromatic carbocycles. The van der Waals surface area contributed by atoms with E-state index in [1.54, 1.807) is 4.90 Å². The van der Waals surface area contributed by atoms with E-state index in [-0.39, 0.29) is 17.2 Å². The van der Waals surface area contributed by atoms with Crippen molar-refractivity contribution in [2.45, 2.75) is 83.8 Å². The number of nitrogens with one attached hydrogen (secondary N) is 1. The molecule has 1 aliphatic heterocycles. The molecule has 0 bridgehead atoms. The minimum Gasteiger partial charge on any atom is -0.465 e. The van der Waals surface area contributed by atoms with Crippen molar-refractivity contribution in [2.75, 3.05) is 13.1 Å². The van der Waals surface area contributed by atoms with Crippen LogP contribution in [0.1, 0.15) is 48.0 Å². The van der Waals surface area contributed by atoms with Gasteiger partial charge in [-0.05, 0) is 51.9 Å². The smallest absolute Gasteiger partial charge is 0.408 e. The number of rotatable bonds is 3. The minimum absolute atomic E-state index is 0.0787. The first-order chi connectivity index (χ1) is 9.77. The molecule has 2 atom stereocenters. The van der Waals surface area contributed by atoms with E-state index in [9.17, 15) is 9.90 Å². The summed E-state index contributed by atoms with van der Waals surface area (Å²) in [5, 5.41) is 13.2. The summed E-state index contributed by atoms with van der Waals surface area (Å²) >= 11 is 0. The lowest BCUT2D eigenvalue weighted by molar-refractivity contribution is -0.000675. The van der Waals surface area contributed by atoms with Crippen LogP contribution in [-0.2, 0) is 4.43 Å². The average Bonchev–Trinajstić information content (AvgIpc) is 2.27. The van der Waals surface area contributed by atoms with Gasteiger partial charge in [0.25, 0.3) is 0 Å². The monoisotopic (exact) mass is 330 g/mol. The maximum Gasteiger partial charge on any atom is 0.408 e. The van der Waals surface area contributed by atoms with Crippen LogP contribution >= 0.6 is 0 Å². The normalized spacial score (nSPS) is 24.2. The first-order valence-corrected chi connectivity index (χ1v) is 11.1. The van der Waals surface area contributed by atoms with E-state index in [1.807, 2.05) is 20.8 Å². The highest BCUT2D eigenvalue weighted by Gasteiger charge is 2.45. The molecule has 22 heavy (non-hydrogen) atoms. The summed E-state index contributed by atoms with van der Waals surface area (Å²) in [6, 6.07) is -0.0899. The van der Waals surface area contributed by atoms with Gasteiger partial charge in [0.1, 0.15) is 0 Å². The second kappa shape index (κ2) is 6.49. The van der Waals surface area contributed by atoms with E-state index in [1.165, 1.54) is 0 Å². The molecule has 1 saturated heterocycles. The highest BCUT2D eigenvalue weighted by atomic mass is 28.4. The average molecular weight is 331 g/mol. The molecule has 130 valence electrons. The van der Waals surface area contributed by atoms with Gasteiger partial charge in [0.05, 0.1) is 12.1 Å². The van der Waals surface area contributed by atoms with Crippen LogP contribution in [0.3, 0.4) is 0 Å². The Hall–Kier alpha value is -0.593. The number of piperidine rings is 1. The highest BCUT2D eigenvalue weighted by molar-refractivity contribution is 6.74. The van der Waals surface area contributed by atoms with Gasteiger partial charge in [0, 0.05) is 12.1 Å². The van der Waals surface area contributed by atoms with Crippen molar-refractivity contribution in [1.29, 1.82) is 0 Å². The number of carboxylic acid groups (broad SMARTS) is 1. The Kier molecular flexibility index (Phi) is 5.74. The van der Waals surface area contributed by atoms with E-state index in [4.69, 9.17) is 4.43 Å². The molecule has 1 amide bonds. The summed E-state index contributed by atoms with van der Waals surface area (Å²) in [6.07, 6.45) is -0.142. The van der Waals surface area contributed by atoms with Crippen molar-refractivity contribution >= 4 is 14.4 Å². The molecule has 0 aromatic heterocycles. The van der Waals surface area contributed by atoms with Crippen LogP contribution in [0.25, 0.3) is 0 Å². The molecule has 6 heteroatoms. The van der Waals surface area contributed by atoms with Crippen LogP contribution in [0.4, 0.5) is 4.79 Å². The quantitative estimate of drug-likeness (QED) is 0.777. The van der Waals surface area contributed by atoms with Crippen LogP contribution in [0.5, 0.6) is 0 Å². The van der Waals surface area contributed by atoms with Crippen molar-refractivity contribution < 1.29 is 14.3 Å². The van der Waals surface area contributed by atoms with Crippen LogP contribution in [0.2, 0.25) is 18.1 Å². The number of carbonyl (C=O) groups is 1. The maximum atomic E-state index is 11.8. The fourth-order valence-corrected chi connectivity index (χ4v) is 4.06. The molecule has 0 unspecified atom stereocenters. The van der Waals surface area contributed by atoms with Gasteiger partial charge in [0.2, 0.25) is 0 Å². The number of nitrogens with zero attached hydrogens (tertiary/aromatic N) is 1. The summed E-state index contributed by atoms with van der Waals surface area (Å²) in [5.41, 5.74) is -0.428. The van der Waals surface area contributed by atoms with Crippen LogP contribution in [-0.4, -0.2) is 55.2 Å². The van der Waals surface area contributed by atoms with E-state index in [0.717, 1.165) is 19.5 Å². The second-order valence-electron chi connectivity index (χ2n) is 8.80. The zero-order valence-corrected chi connectivity index (χ0v) is 16.5. The lowest BCUT2D eigenvalue weighted by Gasteiger charge is -2.48. The van der Waals surface area contributed by atoms with Crippen molar-refractivity contribution in [3.05, 3.63) is 0 Å². The maximum absolute atomic E-state index is 11.8. The molecule has 0 aliphatic carbocycles. The van der Waals surface area contributed by atoms with E-state index < -0.39 is 19.9 Å². The molecule has 0 aromatic rings. The van der Waals surface area contributed by atoms with Crippen molar-refractivity contribution in [3.8, 4) is 0 Å². The molecule has 0 spiro atoms. The summed E-state index contributed by atoms with van der Waals surface area (Å²) in [4.78, 5) is 13.4. The number of hydrogen-bond acceptors (Lipinski definition) is 3. The third-order valence-electron chi connectivity index (χ3n) is 4.90. The topological polar surface area (TPSA) is 61.8 Å².